The fourth-order valence-electron chi connectivity index (χ4n) is 2.79. The van der Waals surface area contributed by atoms with Crippen LogP contribution in [0.1, 0.15) is 23.2 Å². The van der Waals surface area contributed by atoms with Gasteiger partial charge in [-0.05, 0) is 42.5 Å². The lowest BCUT2D eigenvalue weighted by Gasteiger charge is -2.13. The Kier molecular flexibility index (Phi) is 3.35. The molecule has 0 aliphatic heterocycles. The molecule has 4 rings (SSSR count). The van der Waals surface area contributed by atoms with Crippen LogP contribution < -0.4 is 5.32 Å². The molecule has 114 valence electrons. The summed E-state index contributed by atoms with van der Waals surface area (Å²) in [6.07, 6.45) is 8.21. The average molecular weight is 322 g/mol. The van der Waals surface area contributed by atoms with E-state index in [-0.39, 0.29) is 5.56 Å². The van der Waals surface area contributed by atoms with Gasteiger partial charge in [0, 0.05) is 21.2 Å². The number of thiophene rings is 1. The largest absolute Gasteiger partial charge is 0.478 e. The number of anilines is 1. The second kappa shape index (κ2) is 5.52. The van der Waals surface area contributed by atoms with Crippen molar-refractivity contribution in [3.05, 3.63) is 59.1 Å². The van der Waals surface area contributed by atoms with Gasteiger partial charge in [-0.2, -0.15) is 0 Å². The van der Waals surface area contributed by atoms with E-state index >= 15 is 0 Å². The summed E-state index contributed by atoms with van der Waals surface area (Å²) in [6, 6.07) is 7.17. The normalized spacial score (nSPS) is 14.2. The number of nitrogens with one attached hydrogen (secondary N) is 1. The van der Waals surface area contributed by atoms with E-state index in [1.807, 2.05) is 17.5 Å². The van der Waals surface area contributed by atoms with Crippen molar-refractivity contribution in [3.63, 3.8) is 0 Å². The Morgan fingerprint density at radius 1 is 1.26 bits per heavy atom. The summed E-state index contributed by atoms with van der Waals surface area (Å²) in [4.78, 5) is 15.9. The van der Waals surface area contributed by atoms with Gasteiger partial charge in [-0.3, -0.25) is 0 Å². The van der Waals surface area contributed by atoms with Crippen LogP contribution in [0, 0.1) is 0 Å². The molecule has 0 unspecified atom stereocenters. The van der Waals surface area contributed by atoms with Crippen LogP contribution in [-0.2, 0) is 0 Å². The summed E-state index contributed by atoms with van der Waals surface area (Å²) in [7, 11) is 0. The van der Waals surface area contributed by atoms with E-state index in [0.717, 1.165) is 39.8 Å². The van der Waals surface area contributed by atoms with Gasteiger partial charge in [-0.25, -0.2) is 9.78 Å². The van der Waals surface area contributed by atoms with E-state index < -0.39 is 5.97 Å². The molecule has 0 fully saturated rings. The van der Waals surface area contributed by atoms with Crippen molar-refractivity contribution in [1.29, 1.82) is 0 Å². The topological polar surface area (TPSA) is 62.2 Å². The molecule has 1 aliphatic carbocycles. The molecule has 2 N–H and O–H groups in total. The second-order valence-electron chi connectivity index (χ2n) is 5.44. The van der Waals surface area contributed by atoms with Gasteiger partial charge in [0.1, 0.15) is 5.82 Å². The minimum absolute atomic E-state index is 0.256. The molecule has 0 saturated carbocycles. The van der Waals surface area contributed by atoms with E-state index in [9.17, 15) is 9.90 Å². The minimum Gasteiger partial charge on any atom is -0.478 e. The maximum Gasteiger partial charge on any atom is 0.335 e. The van der Waals surface area contributed by atoms with Crippen LogP contribution in [0.5, 0.6) is 0 Å². The SMILES string of the molecule is O=C(O)c1ccc2c(c1)nc(NC1=CC=CCC1)c1ccsc12. The molecule has 0 radical (unpaired) electrons. The van der Waals surface area contributed by atoms with E-state index in [4.69, 9.17) is 0 Å². The van der Waals surface area contributed by atoms with Gasteiger partial charge in [0.2, 0.25) is 0 Å². The van der Waals surface area contributed by atoms with E-state index in [2.05, 4.69) is 28.5 Å². The minimum atomic E-state index is -0.936. The summed E-state index contributed by atoms with van der Waals surface area (Å²) in [5.74, 6) is -0.146. The van der Waals surface area contributed by atoms with Crippen molar-refractivity contribution in [2.45, 2.75) is 12.8 Å². The van der Waals surface area contributed by atoms with Crippen LogP contribution in [0.2, 0.25) is 0 Å². The molecule has 23 heavy (non-hydrogen) atoms. The van der Waals surface area contributed by atoms with Gasteiger partial charge in [-0.1, -0.05) is 18.2 Å². The first kappa shape index (κ1) is 14.0. The highest BCUT2D eigenvalue weighted by molar-refractivity contribution is 7.18. The Hall–Kier alpha value is -2.66. The lowest BCUT2D eigenvalue weighted by Crippen LogP contribution is -2.04. The zero-order valence-corrected chi connectivity index (χ0v) is 13.1. The molecule has 1 aromatic carbocycles. The number of aromatic nitrogens is 1. The number of nitrogens with zero attached hydrogens (tertiary/aromatic N) is 1. The van der Waals surface area contributed by atoms with Crippen LogP contribution >= 0.6 is 11.3 Å². The van der Waals surface area contributed by atoms with Crippen molar-refractivity contribution >= 4 is 44.1 Å². The number of fused-ring (bicyclic) bond motifs is 3. The third kappa shape index (κ3) is 2.49. The molecule has 2 aromatic heterocycles. The van der Waals surface area contributed by atoms with Gasteiger partial charge >= 0.3 is 5.97 Å². The summed E-state index contributed by atoms with van der Waals surface area (Å²) in [5.41, 5.74) is 2.09. The molecule has 0 amide bonds. The molecular formula is C18H14N2O2S. The number of carbonyl (C=O) groups is 1. The fraction of sp³-hybridized carbons (Fsp3) is 0.111. The number of carboxylic acid groups (broad SMARTS) is 1. The van der Waals surface area contributed by atoms with Crippen LogP contribution in [0.15, 0.2) is 53.6 Å². The monoisotopic (exact) mass is 322 g/mol. The number of allylic oxidation sites excluding steroid dienone is 4. The van der Waals surface area contributed by atoms with Crippen LogP contribution in [0.25, 0.3) is 21.0 Å². The molecule has 1 aliphatic rings. The van der Waals surface area contributed by atoms with Crippen LogP contribution in [0.4, 0.5) is 5.82 Å². The van der Waals surface area contributed by atoms with E-state index in [1.54, 1.807) is 23.5 Å². The molecule has 0 saturated heterocycles. The summed E-state index contributed by atoms with van der Waals surface area (Å²) in [5, 5.41) is 16.7. The van der Waals surface area contributed by atoms with Gasteiger partial charge in [0.15, 0.2) is 0 Å². The zero-order valence-electron chi connectivity index (χ0n) is 12.2. The third-order valence-electron chi connectivity index (χ3n) is 3.93. The van der Waals surface area contributed by atoms with Crippen LogP contribution in [0.3, 0.4) is 0 Å². The molecular weight excluding hydrogens is 308 g/mol. The molecule has 0 atom stereocenters. The Labute approximate surface area is 136 Å². The van der Waals surface area contributed by atoms with E-state index in [0.29, 0.717) is 5.52 Å². The first-order valence-corrected chi connectivity index (χ1v) is 8.27. The van der Waals surface area contributed by atoms with Gasteiger partial charge in [-0.15, -0.1) is 11.3 Å². The van der Waals surface area contributed by atoms with Gasteiger partial charge in [0.05, 0.1) is 11.1 Å². The molecule has 4 nitrogen and oxygen atoms in total. The number of pyridine rings is 1. The Balaban J connectivity index is 1.90. The first-order valence-electron chi connectivity index (χ1n) is 7.39. The Morgan fingerprint density at radius 3 is 2.96 bits per heavy atom. The Morgan fingerprint density at radius 2 is 2.17 bits per heavy atom. The maximum absolute atomic E-state index is 11.2. The molecule has 5 heteroatoms. The molecule has 0 spiro atoms. The number of hydrogen-bond donors (Lipinski definition) is 2. The summed E-state index contributed by atoms with van der Waals surface area (Å²) >= 11 is 1.65. The second-order valence-corrected chi connectivity index (χ2v) is 6.36. The highest BCUT2D eigenvalue weighted by atomic mass is 32.1. The standard InChI is InChI=1S/C18H14N2O2S/c21-18(22)11-6-7-13-15(10-11)20-17(14-8-9-23-16(13)14)19-12-4-2-1-3-5-12/h1-2,4,6-10H,3,5H2,(H,19,20)(H,21,22). The number of benzene rings is 1. The number of carboxylic acids is 1. The highest BCUT2D eigenvalue weighted by Gasteiger charge is 2.13. The number of aromatic carboxylic acids is 1. The first-order chi connectivity index (χ1) is 11.2. The molecule has 0 bridgehead atoms. The van der Waals surface area contributed by atoms with Crippen molar-refractivity contribution in [2.24, 2.45) is 0 Å². The van der Waals surface area contributed by atoms with Crippen molar-refractivity contribution < 1.29 is 9.90 Å². The summed E-state index contributed by atoms with van der Waals surface area (Å²) < 4.78 is 1.13. The van der Waals surface area contributed by atoms with Crippen molar-refractivity contribution in [3.8, 4) is 0 Å². The fourth-order valence-corrected chi connectivity index (χ4v) is 3.72. The molecule has 2 heterocycles. The van der Waals surface area contributed by atoms with E-state index in [1.165, 1.54) is 0 Å². The quantitative estimate of drug-likeness (QED) is 0.727. The predicted octanol–water partition coefficient (Wildman–Crippen LogP) is 4.79. The zero-order chi connectivity index (χ0) is 15.8. The number of hydrogen-bond acceptors (Lipinski definition) is 4. The van der Waals surface area contributed by atoms with Gasteiger partial charge < -0.3 is 10.4 Å². The van der Waals surface area contributed by atoms with Crippen molar-refractivity contribution in [2.75, 3.05) is 5.32 Å². The predicted molar refractivity (Wildman–Crippen MR) is 94.2 cm³/mol. The van der Waals surface area contributed by atoms with Gasteiger partial charge in [0.25, 0.3) is 0 Å². The summed E-state index contributed by atoms with van der Waals surface area (Å²) in [6.45, 7) is 0. The smallest absolute Gasteiger partial charge is 0.335 e. The number of rotatable bonds is 3. The lowest BCUT2D eigenvalue weighted by atomic mass is 10.1. The van der Waals surface area contributed by atoms with Crippen molar-refractivity contribution in [1.82, 2.24) is 4.98 Å². The highest BCUT2D eigenvalue weighted by Crippen LogP contribution is 2.34. The Bertz CT molecular complexity index is 985. The third-order valence-corrected chi connectivity index (χ3v) is 4.88. The van der Waals surface area contributed by atoms with Crippen LogP contribution in [-0.4, -0.2) is 16.1 Å². The average Bonchev–Trinajstić information content (AvgIpc) is 3.05. The maximum atomic E-state index is 11.2. The lowest BCUT2D eigenvalue weighted by molar-refractivity contribution is 0.0697. The molecule has 3 aromatic rings.